The molecule has 5 nitrogen and oxygen atoms in total. The van der Waals surface area contributed by atoms with Crippen molar-refractivity contribution in [2.75, 3.05) is 18.9 Å². The molecule has 0 aliphatic carbocycles. The first kappa shape index (κ1) is 19.1. The van der Waals surface area contributed by atoms with E-state index < -0.39 is 16.9 Å². The molecule has 19 heavy (non-hydrogen) atoms. The van der Waals surface area contributed by atoms with Crippen molar-refractivity contribution in [1.82, 2.24) is 5.32 Å². The minimum absolute atomic E-state index is 0.0522. The van der Waals surface area contributed by atoms with E-state index in [1.54, 1.807) is 13.8 Å². The Morgan fingerprint density at radius 3 is 2.37 bits per heavy atom. The molecular weight excluding hydrogens is 284 g/mol. The van der Waals surface area contributed by atoms with Crippen LogP contribution in [0.5, 0.6) is 0 Å². The summed E-state index contributed by atoms with van der Waals surface area (Å²) in [7, 11) is 2.58. The number of amides is 1. The number of carbonyl (C=O) groups excluding carboxylic acids is 1. The van der Waals surface area contributed by atoms with Crippen molar-refractivity contribution in [3.8, 4) is 0 Å². The highest BCUT2D eigenvalue weighted by Gasteiger charge is 2.39. The molecule has 1 amide bonds. The maximum Gasteiger partial charge on any atom is 0.220 e. The molecule has 0 aromatic heterocycles. The van der Waals surface area contributed by atoms with Gasteiger partial charge < -0.3 is 15.5 Å². The molecule has 1 unspecified atom stereocenters. The monoisotopic (exact) mass is 310 g/mol. The summed E-state index contributed by atoms with van der Waals surface area (Å²) in [6.45, 7) is 7.62. The van der Waals surface area contributed by atoms with Crippen LogP contribution in [-0.2, 0) is 4.79 Å². The van der Waals surface area contributed by atoms with Crippen LogP contribution in [0.1, 0.15) is 34.1 Å². The lowest BCUT2D eigenvalue weighted by atomic mass is 9.72. The van der Waals surface area contributed by atoms with Crippen LogP contribution in [0.25, 0.3) is 0 Å². The van der Waals surface area contributed by atoms with Crippen LogP contribution in [0.4, 0.5) is 0 Å². The minimum Gasteiger partial charge on any atom is -0.396 e. The van der Waals surface area contributed by atoms with Gasteiger partial charge in [-0.2, -0.15) is 0 Å². The van der Waals surface area contributed by atoms with E-state index in [0.717, 1.165) is 11.0 Å². The van der Waals surface area contributed by atoms with Crippen molar-refractivity contribution in [1.29, 1.82) is 0 Å². The molecule has 5 N–H and O–H groups in total. The van der Waals surface area contributed by atoms with Crippen molar-refractivity contribution >= 4 is 27.7 Å². The number of carbonyl (C=O) groups is 1. The SMILES string of the molecule is CC(C)(CO)C(O)C(C)(C)CNC(=O)CCSSN. The summed E-state index contributed by atoms with van der Waals surface area (Å²) >= 11 is 0. The first-order valence-corrected chi connectivity index (χ1v) is 8.59. The number of nitrogens with two attached hydrogens (primary N) is 1. The summed E-state index contributed by atoms with van der Waals surface area (Å²) < 4.78 is 0. The molecule has 0 aliphatic heterocycles. The number of aliphatic hydroxyl groups excluding tert-OH is 2. The van der Waals surface area contributed by atoms with Gasteiger partial charge in [-0.25, -0.2) is 0 Å². The molecule has 0 aliphatic rings. The highest BCUT2D eigenvalue weighted by Crippen LogP contribution is 2.33. The van der Waals surface area contributed by atoms with E-state index in [0.29, 0.717) is 18.7 Å². The summed E-state index contributed by atoms with van der Waals surface area (Å²) in [5.74, 6) is 0.613. The standard InChI is InChI=1S/C12H26N2O3S2/c1-11(2,10(17)12(3,4)8-15)7-14-9(16)5-6-18-19-13/h10,15,17H,5-8,13H2,1-4H3,(H,14,16). The summed E-state index contributed by atoms with van der Waals surface area (Å²) in [4.78, 5) is 11.6. The Balaban J connectivity index is 4.26. The van der Waals surface area contributed by atoms with Crippen molar-refractivity contribution in [2.45, 2.75) is 40.2 Å². The largest absolute Gasteiger partial charge is 0.396 e. The summed E-state index contributed by atoms with van der Waals surface area (Å²) in [6.07, 6.45) is -0.302. The maximum atomic E-state index is 11.6. The van der Waals surface area contributed by atoms with Gasteiger partial charge in [0.15, 0.2) is 0 Å². The van der Waals surface area contributed by atoms with Crippen LogP contribution in [-0.4, -0.2) is 41.1 Å². The molecule has 0 saturated heterocycles. The number of hydrogen-bond donors (Lipinski definition) is 4. The minimum atomic E-state index is -0.709. The maximum absolute atomic E-state index is 11.6. The van der Waals surface area contributed by atoms with Gasteiger partial charge >= 0.3 is 0 Å². The lowest BCUT2D eigenvalue weighted by Crippen LogP contribution is -2.49. The molecule has 0 saturated carbocycles. The van der Waals surface area contributed by atoms with Crippen molar-refractivity contribution in [3.05, 3.63) is 0 Å². The molecule has 0 rings (SSSR count). The van der Waals surface area contributed by atoms with Gasteiger partial charge in [0, 0.05) is 29.5 Å². The fourth-order valence-corrected chi connectivity index (χ4v) is 2.74. The first-order valence-electron chi connectivity index (χ1n) is 6.21. The zero-order valence-electron chi connectivity index (χ0n) is 12.1. The molecule has 1 atom stereocenters. The predicted octanol–water partition coefficient (Wildman–Crippen LogP) is 1.15. The van der Waals surface area contributed by atoms with E-state index in [1.807, 2.05) is 13.8 Å². The van der Waals surface area contributed by atoms with E-state index in [2.05, 4.69) is 5.32 Å². The van der Waals surface area contributed by atoms with Gasteiger partial charge in [-0.15, -0.1) is 0 Å². The molecule has 0 spiro atoms. The summed E-state index contributed by atoms with van der Waals surface area (Å²) in [5, 5.41) is 27.6. The number of hydrogen-bond acceptors (Lipinski definition) is 6. The second-order valence-corrected chi connectivity index (χ2v) is 8.10. The first-order chi connectivity index (χ1) is 8.67. The van der Waals surface area contributed by atoms with Crippen molar-refractivity contribution in [2.24, 2.45) is 16.0 Å². The average Bonchev–Trinajstić information content (AvgIpc) is 2.36. The lowest BCUT2D eigenvalue weighted by Gasteiger charge is -2.40. The lowest BCUT2D eigenvalue weighted by molar-refractivity contribution is -0.122. The zero-order chi connectivity index (χ0) is 15.1. The molecular formula is C12H26N2O3S2. The van der Waals surface area contributed by atoms with Crippen LogP contribution in [0.15, 0.2) is 0 Å². The second kappa shape index (κ2) is 8.36. The van der Waals surface area contributed by atoms with Crippen LogP contribution < -0.4 is 10.5 Å². The van der Waals surface area contributed by atoms with E-state index in [1.165, 1.54) is 10.8 Å². The third kappa shape index (κ3) is 6.85. The van der Waals surface area contributed by atoms with Gasteiger partial charge in [-0.05, 0) is 11.0 Å². The molecule has 7 heteroatoms. The quantitative estimate of drug-likeness (QED) is 0.290. The van der Waals surface area contributed by atoms with Crippen molar-refractivity contribution in [3.63, 3.8) is 0 Å². The number of nitrogens with one attached hydrogen (secondary N) is 1. The van der Waals surface area contributed by atoms with Gasteiger partial charge in [0.05, 0.1) is 12.7 Å². The normalized spacial score (nSPS) is 14.3. The summed E-state index contributed by atoms with van der Waals surface area (Å²) in [5.41, 5.74) is -1.10. The zero-order valence-corrected chi connectivity index (χ0v) is 13.7. The van der Waals surface area contributed by atoms with Gasteiger partial charge in [-0.3, -0.25) is 9.93 Å². The van der Waals surface area contributed by atoms with Crippen LogP contribution >= 0.6 is 21.8 Å². The molecule has 0 heterocycles. The molecule has 114 valence electrons. The average molecular weight is 310 g/mol. The third-order valence-corrected chi connectivity index (χ3v) is 4.52. The predicted molar refractivity (Wildman–Crippen MR) is 82.5 cm³/mol. The van der Waals surface area contributed by atoms with Crippen LogP contribution in [0.2, 0.25) is 0 Å². The Morgan fingerprint density at radius 2 is 1.89 bits per heavy atom. The Morgan fingerprint density at radius 1 is 1.32 bits per heavy atom. The van der Waals surface area contributed by atoms with E-state index >= 15 is 0 Å². The van der Waals surface area contributed by atoms with E-state index in [4.69, 9.17) is 5.14 Å². The summed E-state index contributed by atoms with van der Waals surface area (Å²) in [6, 6.07) is 0. The molecule has 0 fully saturated rings. The van der Waals surface area contributed by atoms with Gasteiger partial charge in [0.1, 0.15) is 0 Å². The Bertz CT molecular complexity index is 286. The van der Waals surface area contributed by atoms with Gasteiger partial charge in [0.25, 0.3) is 0 Å². The fraction of sp³-hybridized carbons (Fsp3) is 0.917. The third-order valence-electron chi connectivity index (χ3n) is 3.11. The van der Waals surface area contributed by atoms with Gasteiger partial charge in [-0.1, -0.05) is 38.5 Å². The molecule has 0 aromatic carbocycles. The topological polar surface area (TPSA) is 95.6 Å². The highest BCUT2D eigenvalue weighted by molar-refractivity contribution is 8.75. The molecule has 0 bridgehead atoms. The van der Waals surface area contributed by atoms with E-state index in [-0.39, 0.29) is 12.5 Å². The van der Waals surface area contributed by atoms with E-state index in [9.17, 15) is 15.0 Å². The number of rotatable bonds is 9. The van der Waals surface area contributed by atoms with Gasteiger partial charge in [0.2, 0.25) is 5.91 Å². The Labute approximate surface area is 123 Å². The fourth-order valence-electron chi connectivity index (χ4n) is 1.84. The smallest absolute Gasteiger partial charge is 0.220 e. The van der Waals surface area contributed by atoms with Crippen LogP contribution in [0.3, 0.4) is 0 Å². The number of aliphatic hydroxyl groups is 2. The molecule has 0 radical (unpaired) electrons. The highest BCUT2D eigenvalue weighted by atomic mass is 33.1. The van der Waals surface area contributed by atoms with Crippen molar-refractivity contribution < 1.29 is 15.0 Å². The molecule has 0 aromatic rings. The van der Waals surface area contributed by atoms with Crippen LogP contribution in [0, 0.1) is 10.8 Å². The Kier molecular flexibility index (Phi) is 8.38. The Hall–Kier alpha value is 0.0500. The second-order valence-electron chi connectivity index (χ2n) is 5.98.